The first kappa shape index (κ1) is 16.1. The van der Waals surface area contributed by atoms with Crippen LogP contribution in [0.4, 0.5) is 11.4 Å². The lowest BCUT2D eigenvalue weighted by Gasteiger charge is -2.02. The number of Topliss-reactive ketones (excluding diaryl/α,β-unsaturated/α-hetero) is 1. The third-order valence-electron chi connectivity index (χ3n) is 2.78. The number of hydrogen-bond donors (Lipinski definition) is 1. The highest BCUT2D eigenvalue weighted by Crippen LogP contribution is 2.17. The van der Waals surface area contributed by atoms with Crippen molar-refractivity contribution in [1.29, 1.82) is 5.26 Å². The number of nitrogens with one attached hydrogen (secondary N) is 1. The van der Waals surface area contributed by atoms with Crippen LogP contribution < -0.4 is 5.43 Å². The Morgan fingerprint density at radius 1 is 1.26 bits per heavy atom. The molecule has 0 bridgehead atoms. The molecule has 23 heavy (non-hydrogen) atoms. The summed E-state index contributed by atoms with van der Waals surface area (Å²) in [6, 6.07) is 13.2. The van der Waals surface area contributed by atoms with Crippen LogP contribution in [0, 0.1) is 21.4 Å². The molecule has 0 spiro atoms. The van der Waals surface area contributed by atoms with Crippen LogP contribution in [-0.4, -0.2) is 16.4 Å². The van der Waals surface area contributed by atoms with Gasteiger partial charge in [0, 0.05) is 22.7 Å². The zero-order valence-corrected chi connectivity index (χ0v) is 12.3. The summed E-state index contributed by atoms with van der Waals surface area (Å²) in [5.74, 6) is -0.581. The smallest absolute Gasteiger partial charge is 0.271 e. The van der Waals surface area contributed by atoms with Crippen LogP contribution in [0.1, 0.15) is 10.4 Å². The van der Waals surface area contributed by atoms with E-state index < -0.39 is 10.7 Å². The molecule has 0 heterocycles. The Morgan fingerprint density at radius 3 is 2.57 bits per heavy atom. The number of rotatable bonds is 5. The summed E-state index contributed by atoms with van der Waals surface area (Å²) in [4.78, 5) is 22.3. The molecule has 0 aliphatic rings. The summed E-state index contributed by atoms with van der Waals surface area (Å²) in [6.45, 7) is 0. The average Bonchev–Trinajstić information content (AvgIpc) is 2.56. The summed E-state index contributed by atoms with van der Waals surface area (Å²) in [6.07, 6.45) is 0. The van der Waals surface area contributed by atoms with Gasteiger partial charge in [0.15, 0.2) is 0 Å². The summed E-state index contributed by atoms with van der Waals surface area (Å²) in [5.41, 5.74) is 2.51. The predicted octanol–water partition coefficient (Wildman–Crippen LogP) is 3.42. The van der Waals surface area contributed by atoms with E-state index in [2.05, 4.69) is 10.5 Å². The second-order valence-electron chi connectivity index (χ2n) is 4.33. The molecule has 0 amide bonds. The van der Waals surface area contributed by atoms with Crippen LogP contribution in [0.3, 0.4) is 0 Å². The third-order valence-corrected chi connectivity index (χ3v) is 3.03. The Bertz CT molecular complexity index is 825. The van der Waals surface area contributed by atoms with Gasteiger partial charge in [-0.25, -0.2) is 0 Å². The number of non-ortho nitro benzene ring substituents is 1. The molecule has 0 radical (unpaired) electrons. The number of nitrogens with zero attached hydrogens (tertiary/aromatic N) is 3. The van der Waals surface area contributed by atoms with Crippen LogP contribution in [0.5, 0.6) is 0 Å². The van der Waals surface area contributed by atoms with Gasteiger partial charge in [-0.05, 0) is 30.3 Å². The Kier molecular flexibility index (Phi) is 5.02. The van der Waals surface area contributed by atoms with Crippen molar-refractivity contribution in [3.63, 3.8) is 0 Å². The largest absolute Gasteiger partial charge is 0.286 e. The fourth-order valence-electron chi connectivity index (χ4n) is 1.67. The van der Waals surface area contributed by atoms with Crippen molar-refractivity contribution in [1.82, 2.24) is 0 Å². The normalized spacial score (nSPS) is 10.7. The van der Waals surface area contributed by atoms with E-state index in [1.807, 2.05) is 0 Å². The van der Waals surface area contributed by atoms with Crippen molar-refractivity contribution in [3.8, 4) is 6.07 Å². The third kappa shape index (κ3) is 4.12. The van der Waals surface area contributed by atoms with E-state index in [0.29, 0.717) is 5.02 Å². The van der Waals surface area contributed by atoms with Gasteiger partial charge < -0.3 is 0 Å². The molecule has 1 N–H and O–H groups in total. The number of nitriles is 1. The molecule has 0 unspecified atom stereocenters. The molecule has 114 valence electrons. The number of hydrogen-bond acceptors (Lipinski definition) is 6. The molecule has 0 fully saturated rings. The molecule has 2 rings (SSSR count). The Labute approximate surface area is 136 Å². The van der Waals surface area contributed by atoms with E-state index >= 15 is 0 Å². The van der Waals surface area contributed by atoms with E-state index in [9.17, 15) is 14.9 Å². The van der Waals surface area contributed by atoms with Crippen molar-refractivity contribution in [2.24, 2.45) is 5.10 Å². The van der Waals surface area contributed by atoms with E-state index in [-0.39, 0.29) is 22.6 Å². The van der Waals surface area contributed by atoms with Gasteiger partial charge in [-0.3, -0.25) is 20.3 Å². The standard InChI is InChI=1S/C15H9ClN4O3/c16-11-6-4-10(5-7-11)15(21)14(9-17)19-18-12-2-1-3-13(8-12)20(22)23/h1-8,18H/b19-14+. The lowest BCUT2D eigenvalue weighted by molar-refractivity contribution is -0.384. The van der Waals surface area contributed by atoms with Crippen LogP contribution in [0.15, 0.2) is 53.6 Å². The monoisotopic (exact) mass is 328 g/mol. The topological polar surface area (TPSA) is 108 Å². The minimum atomic E-state index is -0.581. The molecule has 0 saturated heterocycles. The first-order valence-electron chi connectivity index (χ1n) is 6.30. The van der Waals surface area contributed by atoms with Gasteiger partial charge >= 0.3 is 0 Å². The maximum Gasteiger partial charge on any atom is 0.271 e. The Balaban J connectivity index is 2.21. The first-order valence-corrected chi connectivity index (χ1v) is 6.67. The number of carbonyl (C=O) groups is 1. The van der Waals surface area contributed by atoms with Crippen LogP contribution in [0.2, 0.25) is 5.02 Å². The summed E-state index contributed by atoms with van der Waals surface area (Å²) < 4.78 is 0. The molecule has 0 aliphatic heterocycles. The van der Waals surface area contributed by atoms with Crippen molar-refractivity contribution in [2.45, 2.75) is 0 Å². The van der Waals surface area contributed by atoms with Crippen molar-refractivity contribution >= 4 is 34.5 Å². The molecular formula is C15H9ClN4O3. The number of anilines is 1. The highest BCUT2D eigenvalue weighted by Gasteiger charge is 2.14. The van der Waals surface area contributed by atoms with Gasteiger partial charge in [0.1, 0.15) is 6.07 Å². The molecular weight excluding hydrogens is 320 g/mol. The highest BCUT2D eigenvalue weighted by molar-refractivity contribution is 6.51. The molecule has 0 atom stereocenters. The van der Waals surface area contributed by atoms with Gasteiger partial charge in [-0.1, -0.05) is 17.7 Å². The summed E-state index contributed by atoms with van der Waals surface area (Å²) in [5, 5.41) is 23.9. The van der Waals surface area contributed by atoms with E-state index in [4.69, 9.17) is 16.9 Å². The number of nitro groups is 1. The fourth-order valence-corrected chi connectivity index (χ4v) is 1.80. The highest BCUT2D eigenvalue weighted by atomic mass is 35.5. The first-order chi connectivity index (χ1) is 11.0. The molecule has 2 aromatic rings. The van der Waals surface area contributed by atoms with E-state index in [0.717, 1.165) is 0 Å². The number of carbonyl (C=O) groups excluding carboxylic acids is 1. The quantitative estimate of drug-likeness (QED) is 0.391. The van der Waals surface area contributed by atoms with Crippen molar-refractivity contribution < 1.29 is 9.72 Å². The van der Waals surface area contributed by atoms with E-state index in [1.165, 1.54) is 48.5 Å². The number of benzene rings is 2. The maximum absolute atomic E-state index is 12.1. The number of nitro benzene ring substituents is 1. The molecule has 0 saturated carbocycles. The second kappa shape index (κ2) is 7.15. The van der Waals surface area contributed by atoms with Gasteiger partial charge in [-0.2, -0.15) is 10.4 Å². The Hall–Kier alpha value is -3.24. The molecule has 7 nitrogen and oxygen atoms in total. The predicted molar refractivity (Wildman–Crippen MR) is 85.5 cm³/mol. The molecule has 0 aromatic heterocycles. The maximum atomic E-state index is 12.1. The summed E-state index contributed by atoms with van der Waals surface area (Å²) in [7, 11) is 0. The van der Waals surface area contributed by atoms with Crippen molar-refractivity contribution in [2.75, 3.05) is 5.43 Å². The van der Waals surface area contributed by atoms with E-state index in [1.54, 1.807) is 6.07 Å². The van der Waals surface area contributed by atoms with Gasteiger partial charge in [0.05, 0.1) is 10.6 Å². The SMILES string of the molecule is N#C/C(=N\Nc1cccc([N+](=O)[O-])c1)C(=O)c1ccc(Cl)cc1. The minimum Gasteiger partial charge on any atom is -0.286 e. The van der Waals surface area contributed by atoms with Gasteiger partial charge in [0.2, 0.25) is 11.5 Å². The Morgan fingerprint density at radius 2 is 1.96 bits per heavy atom. The number of hydrazone groups is 1. The summed E-state index contributed by atoms with van der Waals surface area (Å²) >= 11 is 5.74. The van der Waals surface area contributed by atoms with Crippen LogP contribution >= 0.6 is 11.6 Å². The van der Waals surface area contributed by atoms with Crippen LogP contribution in [-0.2, 0) is 0 Å². The fraction of sp³-hybridized carbons (Fsp3) is 0. The lowest BCUT2D eigenvalue weighted by atomic mass is 10.1. The van der Waals surface area contributed by atoms with Crippen molar-refractivity contribution in [3.05, 3.63) is 69.2 Å². The average molecular weight is 329 g/mol. The molecule has 8 heteroatoms. The zero-order valence-electron chi connectivity index (χ0n) is 11.6. The number of ketones is 1. The number of halogens is 1. The van der Waals surface area contributed by atoms with Gasteiger partial charge in [-0.15, -0.1) is 0 Å². The minimum absolute atomic E-state index is 0.132. The van der Waals surface area contributed by atoms with Gasteiger partial charge in [0.25, 0.3) is 5.69 Å². The molecule has 0 aliphatic carbocycles. The second-order valence-corrected chi connectivity index (χ2v) is 4.76. The zero-order chi connectivity index (χ0) is 16.8. The molecule has 2 aromatic carbocycles. The van der Waals surface area contributed by atoms with Crippen LogP contribution in [0.25, 0.3) is 0 Å². The lowest BCUT2D eigenvalue weighted by Crippen LogP contribution is -2.14.